The van der Waals surface area contributed by atoms with Crippen LogP contribution >= 0.6 is 11.3 Å². The van der Waals surface area contributed by atoms with E-state index >= 15 is 0 Å². The first-order valence-electron chi connectivity index (χ1n) is 4.46. The zero-order chi connectivity index (χ0) is 9.26. The van der Waals surface area contributed by atoms with E-state index in [-0.39, 0.29) is 17.8 Å². The van der Waals surface area contributed by atoms with Crippen LogP contribution in [0.2, 0.25) is 0 Å². The molecule has 0 bridgehead atoms. The van der Waals surface area contributed by atoms with Crippen molar-refractivity contribution in [2.45, 2.75) is 19.4 Å². The minimum atomic E-state index is 0.0913. The highest BCUT2D eigenvalue weighted by atomic mass is 32.1. The molecule has 0 N–H and O–H groups in total. The second-order valence-electron chi connectivity index (χ2n) is 3.42. The Labute approximate surface area is 81.5 Å². The molecule has 1 saturated heterocycles. The van der Waals surface area contributed by atoms with Crippen LogP contribution in [-0.4, -0.2) is 18.5 Å². The lowest BCUT2D eigenvalue weighted by Gasteiger charge is -2.02. The van der Waals surface area contributed by atoms with Gasteiger partial charge in [0.1, 0.15) is 0 Å². The van der Waals surface area contributed by atoms with Crippen LogP contribution in [0.15, 0.2) is 17.5 Å². The molecule has 1 aliphatic rings. The fourth-order valence-electron chi connectivity index (χ4n) is 1.62. The van der Waals surface area contributed by atoms with Crippen molar-refractivity contribution in [2.24, 2.45) is 5.92 Å². The normalized spacial score (nSPS) is 27.8. The highest BCUT2D eigenvalue weighted by molar-refractivity contribution is 7.12. The maximum atomic E-state index is 11.8. The van der Waals surface area contributed by atoms with Gasteiger partial charge in [-0.25, -0.2) is 0 Å². The second-order valence-corrected chi connectivity index (χ2v) is 4.37. The van der Waals surface area contributed by atoms with E-state index in [1.54, 1.807) is 0 Å². The van der Waals surface area contributed by atoms with Gasteiger partial charge >= 0.3 is 0 Å². The van der Waals surface area contributed by atoms with Gasteiger partial charge in [0, 0.05) is 5.92 Å². The molecule has 3 heteroatoms. The van der Waals surface area contributed by atoms with Crippen LogP contribution in [0.1, 0.15) is 23.0 Å². The fourth-order valence-corrected chi connectivity index (χ4v) is 2.36. The van der Waals surface area contributed by atoms with Crippen molar-refractivity contribution in [3.05, 3.63) is 22.4 Å². The first kappa shape index (κ1) is 8.91. The van der Waals surface area contributed by atoms with Crippen molar-refractivity contribution in [1.82, 2.24) is 0 Å². The predicted molar refractivity (Wildman–Crippen MR) is 52.2 cm³/mol. The number of hydrogen-bond acceptors (Lipinski definition) is 3. The molecular weight excluding hydrogens is 184 g/mol. The van der Waals surface area contributed by atoms with Gasteiger partial charge in [0.05, 0.1) is 17.6 Å². The van der Waals surface area contributed by atoms with Crippen molar-refractivity contribution in [3.63, 3.8) is 0 Å². The molecule has 2 unspecified atom stereocenters. The van der Waals surface area contributed by atoms with Gasteiger partial charge in [-0.2, -0.15) is 0 Å². The Balaban J connectivity index is 2.06. The van der Waals surface area contributed by atoms with Crippen molar-refractivity contribution in [1.29, 1.82) is 0 Å². The van der Waals surface area contributed by atoms with Gasteiger partial charge in [0.2, 0.25) is 0 Å². The summed E-state index contributed by atoms with van der Waals surface area (Å²) in [7, 11) is 0. The van der Waals surface area contributed by atoms with E-state index in [1.165, 1.54) is 11.3 Å². The van der Waals surface area contributed by atoms with Crippen molar-refractivity contribution >= 4 is 17.1 Å². The maximum Gasteiger partial charge on any atom is 0.178 e. The molecule has 2 nitrogen and oxygen atoms in total. The summed E-state index contributed by atoms with van der Waals surface area (Å²) in [5.74, 6) is 0.341. The number of ether oxygens (including phenoxy) is 1. The molecule has 1 fully saturated rings. The predicted octanol–water partition coefficient (Wildman–Crippen LogP) is 2.36. The monoisotopic (exact) mass is 196 g/mol. The smallest absolute Gasteiger partial charge is 0.178 e. The van der Waals surface area contributed by atoms with Crippen molar-refractivity contribution in [3.8, 4) is 0 Å². The zero-order valence-electron chi connectivity index (χ0n) is 7.53. The van der Waals surface area contributed by atoms with Crippen molar-refractivity contribution in [2.75, 3.05) is 6.61 Å². The molecule has 1 aromatic heterocycles. The Kier molecular flexibility index (Phi) is 2.47. The van der Waals surface area contributed by atoms with Gasteiger partial charge in [-0.05, 0) is 24.8 Å². The average Bonchev–Trinajstić information content (AvgIpc) is 2.72. The van der Waals surface area contributed by atoms with Gasteiger partial charge in [0.25, 0.3) is 0 Å². The molecule has 2 rings (SSSR count). The molecule has 0 spiro atoms. The van der Waals surface area contributed by atoms with E-state index in [0.717, 1.165) is 11.3 Å². The molecular formula is C10H12O2S. The maximum absolute atomic E-state index is 11.8. The number of thiophene rings is 1. The lowest BCUT2D eigenvalue weighted by molar-refractivity contribution is 0.0881. The molecule has 0 aliphatic carbocycles. The quantitative estimate of drug-likeness (QED) is 0.679. The standard InChI is InChI=1S/C10H12O2S/c1-7-5-8(6-12-7)10(11)9-3-2-4-13-9/h2-4,7-8H,5-6H2,1H3. The number of carbonyl (C=O) groups excluding carboxylic acids is 1. The molecule has 2 heterocycles. The minimum absolute atomic E-state index is 0.0913. The van der Waals surface area contributed by atoms with E-state index < -0.39 is 0 Å². The summed E-state index contributed by atoms with van der Waals surface area (Å²) in [6.45, 7) is 2.61. The highest BCUT2D eigenvalue weighted by Crippen LogP contribution is 2.24. The fraction of sp³-hybridized carbons (Fsp3) is 0.500. The number of rotatable bonds is 2. The van der Waals surface area contributed by atoms with Crippen LogP contribution in [0.4, 0.5) is 0 Å². The largest absolute Gasteiger partial charge is 0.378 e. The second kappa shape index (κ2) is 3.60. The summed E-state index contributed by atoms with van der Waals surface area (Å²) < 4.78 is 5.37. The van der Waals surface area contributed by atoms with Gasteiger partial charge in [-0.15, -0.1) is 11.3 Å². The van der Waals surface area contributed by atoms with E-state index in [9.17, 15) is 4.79 Å². The summed E-state index contributed by atoms with van der Waals surface area (Å²) in [6, 6.07) is 3.80. The Hall–Kier alpha value is -0.670. The van der Waals surface area contributed by atoms with E-state index in [1.807, 2.05) is 24.4 Å². The third-order valence-electron chi connectivity index (χ3n) is 2.33. The Bertz CT molecular complexity index is 292. The van der Waals surface area contributed by atoms with Crippen LogP contribution in [-0.2, 0) is 4.74 Å². The minimum Gasteiger partial charge on any atom is -0.378 e. The van der Waals surface area contributed by atoms with Crippen LogP contribution in [0, 0.1) is 5.92 Å². The Morgan fingerprint density at radius 2 is 2.54 bits per heavy atom. The van der Waals surface area contributed by atoms with Gasteiger partial charge in [-0.1, -0.05) is 6.07 Å². The topological polar surface area (TPSA) is 26.3 Å². The summed E-state index contributed by atoms with van der Waals surface area (Å²) in [5.41, 5.74) is 0. The third-order valence-corrected chi connectivity index (χ3v) is 3.22. The lowest BCUT2D eigenvalue weighted by atomic mass is 10.0. The summed E-state index contributed by atoms with van der Waals surface area (Å²) in [5, 5.41) is 1.94. The number of carbonyl (C=O) groups is 1. The Morgan fingerprint density at radius 1 is 1.69 bits per heavy atom. The van der Waals surface area contributed by atoms with Gasteiger partial charge in [0.15, 0.2) is 5.78 Å². The summed E-state index contributed by atoms with van der Waals surface area (Å²) >= 11 is 1.51. The summed E-state index contributed by atoms with van der Waals surface area (Å²) in [6.07, 6.45) is 1.12. The number of Topliss-reactive ketones (excluding diaryl/α,β-unsaturated/α-hetero) is 1. The Morgan fingerprint density at radius 3 is 3.08 bits per heavy atom. The van der Waals surface area contributed by atoms with Crippen LogP contribution < -0.4 is 0 Å². The molecule has 1 aliphatic heterocycles. The number of ketones is 1. The van der Waals surface area contributed by atoms with Gasteiger partial charge in [-0.3, -0.25) is 4.79 Å². The van der Waals surface area contributed by atoms with Crippen molar-refractivity contribution < 1.29 is 9.53 Å². The first-order chi connectivity index (χ1) is 6.27. The highest BCUT2D eigenvalue weighted by Gasteiger charge is 2.29. The SMILES string of the molecule is CC1CC(C(=O)c2cccs2)CO1. The van der Waals surface area contributed by atoms with Gasteiger partial charge < -0.3 is 4.74 Å². The molecule has 1 aromatic rings. The molecule has 2 atom stereocenters. The third kappa shape index (κ3) is 1.81. The number of hydrogen-bond donors (Lipinski definition) is 0. The van der Waals surface area contributed by atoms with E-state index in [2.05, 4.69) is 0 Å². The molecule has 0 amide bonds. The average molecular weight is 196 g/mol. The molecule has 0 radical (unpaired) electrons. The van der Waals surface area contributed by atoms with Crippen LogP contribution in [0.3, 0.4) is 0 Å². The molecule has 70 valence electrons. The lowest BCUT2D eigenvalue weighted by Crippen LogP contribution is -2.13. The van der Waals surface area contributed by atoms with Crippen LogP contribution in [0.5, 0.6) is 0 Å². The van der Waals surface area contributed by atoms with Crippen LogP contribution in [0.25, 0.3) is 0 Å². The van der Waals surface area contributed by atoms with E-state index in [4.69, 9.17) is 4.74 Å². The zero-order valence-corrected chi connectivity index (χ0v) is 8.34. The molecule has 13 heavy (non-hydrogen) atoms. The molecule has 0 saturated carbocycles. The summed E-state index contributed by atoms with van der Waals surface area (Å²) in [4.78, 5) is 12.6. The molecule has 0 aromatic carbocycles. The van der Waals surface area contributed by atoms with E-state index in [0.29, 0.717) is 6.61 Å². The first-order valence-corrected chi connectivity index (χ1v) is 5.34.